The van der Waals surface area contributed by atoms with Crippen LogP contribution in [0, 0.1) is 0 Å². The summed E-state index contributed by atoms with van der Waals surface area (Å²) in [4.78, 5) is 15.1. The van der Waals surface area contributed by atoms with Crippen molar-refractivity contribution in [2.75, 3.05) is 27.2 Å². The third-order valence-electron chi connectivity index (χ3n) is 4.77. The number of halogens is 2. The normalized spacial score (nSPS) is 15.8. The highest BCUT2D eigenvalue weighted by atomic mass is 35.5. The first-order chi connectivity index (χ1) is 12.1. The molecule has 2 aromatic rings. The first-order valence-electron chi connectivity index (χ1n) is 8.35. The number of hydrogen-bond donors (Lipinski definition) is 1. The van der Waals surface area contributed by atoms with Crippen LogP contribution in [0.4, 0.5) is 0 Å². The van der Waals surface area contributed by atoms with Crippen LogP contribution in [0.25, 0.3) is 0 Å². The van der Waals surface area contributed by atoms with E-state index in [1.165, 1.54) is 0 Å². The molecule has 1 amide bonds. The van der Waals surface area contributed by atoms with E-state index in [9.17, 15) is 4.79 Å². The smallest absolute Gasteiger partial charge is 0.250 e. The van der Waals surface area contributed by atoms with Crippen LogP contribution in [0.3, 0.4) is 0 Å². The summed E-state index contributed by atoms with van der Waals surface area (Å²) in [5.41, 5.74) is 0.241. The summed E-state index contributed by atoms with van der Waals surface area (Å²) in [6, 6.07) is 7.30. The van der Waals surface area contributed by atoms with Crippen LogP contribution in [0.2, 0.25) is 5.02 Å². The minimum Gasteiger partial charge on any atom is -0.496 e. The first-order valence-corrected chi connectivity index (χ1v) is 8.73. The van der Waals surface area contributed by atoms with Gasteiger partial charge in [-0.05, 0) is 50.2 Å². The van der Waals surface area contributed by atoms with Crippen molar-refractivity contribution in [2.24, 2.45) is 0 Å². The molecule has 1 aromatic heterocycles. The van der Waals surface area contributed by atoms with E-state index in [1.807, 2.05) is 36.1 Å². The SMILES string of the molecule is COc1ccc(Cl)cc1CN(C)C(=O)C1(n2cccn2)CCNCC1.Cl. The molecular formula is C18H24Cl2N4O2. The van der Waals surface area contributed by atoms with Gasteiger partial charge >= 0.3 is 0 Å². The number of ether oxygens (including phenoxy) is 1. The second-order valence-electron chi connectivity index (χ2n) is 6.35. The van der Waals surface area contributed by atoms with E-state index in [4.69, 9.17) is 16.3 Å². The highest BCUT2D eigenvalue weighted by Crippen LogP contribution is 2.31. The van der Waals surface area contributed by atoms with Crippen LogP contribution in [-0.2, 0) is 16.9 Å². The summed E-state index contributed by atoms with van der Waals surface area (Å²) in [5, 5.41) is 8.31. The largest absolute Gasteiger partial charge is 0.496 e. The zero-order chi connectivity index (χ0) is 17.9. The lowest BCUT2D eigenvalue weighted by molar-refractivity contribution is -0.142. The minimum atomic E-state index is -0.644. The van der Waals surface area contributed by atoms with Gasteiger partial charge < -0.3 is 15.0 Å². The summed E-state index contributed by atoms with van der Waals surface area (Å²) in [6.45, 7) is 2.01. The fourth-order valence-corrected chi connectivity index (χ4v) is 3.65. The fraction of sp³-hybridized carbons (Fsp3) is 0.444. The number of hydrogen-bond acceptors (Lipinski definition) is 4. The van der Waals surface area contributed by atoms with Gasteiger partial charge in [0, 0.05) is 36.6 Å². The molecule has 0 aliphatic carbocycles. The predicted molar refractivity (Wildman–Crippen MR) is 104 cm³/mol. The van der Waals surface area contributed by atoms with E-state index in [0.717, 1.165) is 24.4 Å². The lowest BCUT2D eigenvalue weighted by atomic mass is 9.86. The summed E-state index contributed by atoms with van der Waals surface area (Å²) in [5.74, 6) is 0.780. The quantitative estimate of drug-likeness (QED) is 0.840. The number of nitrogens with zero attached hydrogens (tertiary/aromatic N) is 3. The van der Waals surface area contributed by atoms with Crippen LogP contribution in [0.15, 0.2) is 36.7 Å². The molecule has 1 aliphatic rings. The van der Waals surface area contributed by atoms with E-state index >= 15 is 0 Å². The molecule has 1 aromatic carbocycles. The lowest BCUT2D eigenvalue weighted by Gasteiger charge is -2.39. The van der Waals surface area contributed by atoms with E-state index < -0.39 is 5.54 Å². The van der Waals surface area contributed by atoms with Gasteiger partial charge in [-0.3, -0.25) is 9.48 Å². The lowest BCUT2D eigenvalue weighted by Crippen LogP contribution is -2.54. The molecule has 1 N–H and O–H groups in total. The van der Waals surface area contributed by atoms with Gasteiger partial charge in [-0.2, -0.15) is 5.10 Å². The maximum atomic E-state index is 13.4. The summed E-state index contributed by atoms with van der Waals surface area (Å²) >= 11 is 6.11. The number of likely N-dealkylation sites (N-methyl/N-ethyl adjacent to an activating group) is 1. The number of amides is 1. The highest BCUT2D eigenvalue weighted by molar-refractivity contribution is 6.30. The number of benzene rings is 1. The first kappa shape index (κ1) is 20.6. The molecule has 0 bridgehead atoms. The van der Waals surface area contributed by atoms with Gasteiger partial charge in [0.05, 0.1) is 7.11 Å². The van der Waals surface area contributed by atoms with Gasteiger partial charge in [-0.15, -0.1) is 12.4 Å². The van der Waals surface area contributed by atoms with Crippen LogP contribution >= 0.6 is 24.0 Å². The van der Waals surface area contributed by atoms with Crippen molar-refractivity contribution in [3.63, 3.8) is 0 Å². The molecule has 0 radical (unpaired) electrons. The fourth-order valence-electron chi connectivity index (χ4n) is 3.46. The van der Waals surface area contributed by atoms with Crippen molar-refractivity contribution in [1.82, 2.24) is 20.0 Å². The average Bonchev–Trinajstić information content (AvgIpc) is 3.17. The van der Waals surface area contributed by atoms with E-state index in [0.29, 0.717) is 24.4 Å². The topological polar surface area (TPSA) is 59.4 Å². The van der Waals surface area contributed by atoms with Crippen molar-refractivity contribution in [3.05, 3.63) is 47.2 Å². The van der Waals surface area contributed by atoms with Crippen molar-refractivity contribution in [3.8, 4) is 5.75 Å². The molecular weight excluding hydrogens is 375 g/mol. The standard InChI is InChI=1S/C18H23ClN4O2.ClH/c1-22(13-14-12-15(19)4-5-16(14)25-2)17(24)18(6-9-20-10-7-18)23-11-3-8-21-23;/h3-5,8,11-12,20H,6-7,9-10,13H2,1-2H3;1H. The number of nitrogens with one attached hydrogen (secondary N) is 1. The van der Waals surface area contributed by atoms with Crippen LogP contribution in [0.1, 0.15) is 18.4 Å². The van der Waals surface area contributed by atoms with Gasteiger partial charge in [0.2, 0.25) is 0 Å². The molecule has 0 unspecified atom stereocenters. The Kier molecular flexibility index (Phi) is 6.92. The van der Waals surface area contributed by atoms with Crippen molar-refractivity contribution < 1.29 is 9.53 Å². The van der Waals surface area contributed by atoms with Gasteiger partial charge in [0.1, 0.15) is 11.3 Å². The monoisotopic (exact) mass is 398 g/mol. The molecule has 26 heavy (non-hydrogen) atoms. The zero-order valence-electron chi connectivity index (χ0n) is 14.9. The van der Waals surface area contributed by atoms with Crippen molar-refractivity contribution >= 4 is 29.9 Å². The molecule has 8 heteroatoms. The van der Waals surface area contributed by atoms with Gasteiger partial charge in [-0.25, -0.2) is 0 Å². The number of carbonyl (C=O) groups is 1. The van der Waals surface area contributed by atoms with Crippen molar-refractivity contribution in [2.45, 2.75) is 24.9 Å². The number of rotatable bonds is 5. The number of piperidine rings is 1. The summed E-state index contributed by atoms with van der Waals surface area (Å²) in [7, 11) is 3.43. The molecule has 1 fully saturated rings. The van der Waals surface area contributed by atoms with Gasteiger partial charge in [-0.1, -0.05) is 11.6 Å². The molecule has 1 aliphatic heterocycles. The van der Waals surface area contributed by atoms with E-state index in [1.54, 1.807) is 24.3 Å². The minimum absolute atomic E-state index is 0. The van der Waals surface area contributed by atoms with Gasteiger partial charge in [0.25, 0.3) is 5.91 Å². The molecule has 142 valence electrons. The average molecular weight is 399 g/mol. The third-order valence-corrected chi connectivity index (χ3v) is 5.00. The number of aromatic nitrogens is 2. The molecule has 1 saturated heterocycles. The Balaban J connectivity index is 0.00000243. The van der Waals surface area contributed by atoms with E-state index in [2.05, 4.69) is 10.4 Å². The Morgan fingerprint density at radius 1 is 1.42 bits per heavy atom. The Morgan fingerprint density at radius 2 is 2.15 bits per heavy atom. The zero-order valence-corrected chi connectivity index (χ0v) is 16.5. The molecule has 6 nitrogen and oxygen atoms in total. The molecule has 0 spiro atoms. The summed E-state index contributed by atoms with van der Waals surface area (Å²) in [6.07, 6.45) is 5.02. The number of methoxy groups -OCH3 is 1. The van der Waals surface area contributed by atoms with Crippen LogP contribution in [-0.4, -0.2) is 47.8 Å². The highest BCUT2D eigenvalue weighted by Gasteiger charge is 2.43. The Labute approximate surface area is 164 Å². The Morgan fingerprint density at radius 3 is 2.77 bits per heavy atom. The predicted octanol–water partition coefficient (Wildman–Crippen LogP) is 2.70. The second-order valence-corrected chi connectivity index (χ2v) is 6.79. The maximum absolute atomic E-state index is 13.4. The molecule has 3 rings (SSSR count). The van der Waals surface area contributed by atoms with Crippen LogP contribution < -0.4 is 10.1 Å². The summed E-state index contributed by atoms with van der Waals surface area (Å²) < 4.78 is 7.21. The van der Waals surface area contributed by atoms with Gasteiger partial charge in [0.15, 0.2) is 0 Å². The number of carbonyl (C=O) groups excluding carboxylic acids is 1. The molecule has 0 atom stereocenters. The molecule has 2 heterocycles. The third kappa shape index (κ3) is 3.98. The van der Waals surface area contributed by atoms with Crippen molar-refractivity contribution in [1.29, 1.82) is 0 Å². The molecule has 0 saturated carbocycles. The van der Waals surface area contributed by atoms with E-state index in [-0.39, 0.29) is 18.3 Å². The second kappa shape index (κ2) is 8.75. The maximum Gasteiger partial charge on any atom is 0.250 e. The Bertz CT molecular complexity index is 731. The van der Waals surface area contributed by atoms with Crippen LogP contribution in [0.5, 0.6) is 5.75 Å². The Hall–Kier alpha value is -1.76.